The predicted octanol–water partition coefficient (Wildman–Crippen LogP) is 7.39. The van der Waals surface area contributed by atoms with E-state index in [-0.39, 0.29) is 23.0 Å². The van der Waals surface area contributed by atoms with Gasteiger partial charge >= 0.3 is 12.4 Å². The second kappa shape index (κ2) is 9.74. The van der Waals surface area contributed by atoms with Crippen molar-refractivity contribution in [1.82, 2.24) is 0 Å². The van der Waals surface area contributed by atoms with Gasteiger partial charge in [-0.2, -0.15) is 26.3 Å². The molecule has 2 aromatic carbocycles. The van der Waals surface area contributed by atoms with Crippen LogP contribution in [0.15, 0.2) is 41.5 Å². The minimum Gasteiger partial charge on any atom is -0.207 e. The van der Waals surface area contributed by atoms with Gasteiger partial charge in [0.1, 0.15) is 11.6 Å². The molecule has 3 nitrogen and oxygen atoms in total. The van der Waals surface area contributed by atoms with Crippen LogP contribution in [0.4, 0.5) is 35.1 Å². The lowest BCUT2D eigenvalue weighted by Crippen LogP contribution is -2.06. The first-order valence-corrected chi connectivity index (χ1v) is 8.29. The molecule has 0 bridgehead atoms. The van der Waals surface area contributed by atoms with Crippen LogP contribution in [0, 0.1) is 11.6 Å². The van der Waals surface area contributed by atoms with Crippen molar-refractivity contribution in [2.75, 3.05) is 0 Å². The summed E-state index contributed by atoms with van der Waals surface area (Å²) in [5, 5.41) is 3.26. The summed E-state index contributed by atoms with van der Waals surface area (Å²) < 4.78 is 98.3. The van der Waals surface area contributed by atoms with Gasteiger partial charge in [-0.3, -0.25) is 0 Å². The molecule has 0 fully saturated rings. The molecule has 0 amide bonds. The molecule has 28 heavy (non-hydrogen) atoms. The normalized spacial score (nSPS) is 11.3. The number of alkyl halides is 7. The fraction of sp³-hybridized carbons (Fsp3) is 0.250. The van der Waals surface area contributed by atoms with E-state index >= 15 is 0 Å². The standard InChI is InChI=1S/C8H5BrF4.C8H5F4N3/c9-4-5-1-6(8(11,12)13)3-7(10)2-5;9-7-2-5(4-14-15-13)1-6(3-7)8(10,11)12/h1-3H,4H2;1-3H,4H2. The highest BCUT2D eigenvalue weighted by Crippen LogP contribution is 2.31. The predicted molar refractivity (Wildman–Crippen MR) is 88.3 cm³/mol. The molecule has 0 radical (unpaired) electrons. The van der Waals surface area contributed by atoms with E-state index in [0.717, 1.165) is 24.3 Å². The van der Waals surface area contributed by atoms with Crippen LogP contribution < -0.4 is 0 Å². The highest BCUT2D eigenvalue weighted by Gasteiger charge is 2.31. The summed E-state index contributed by atoms with van der Waals surface area (Å²) in [4.78, 5) is 2.37. The van der Waals surface area contributed by atoms with Crippen LogP contribution in [-0.4, -0.2) is 0 Å². The largest absolute Gasteiger partial charge is 0.416 e. The maximum atomic E-state index is 12.8. The average Bonchev–Trinajstić information content (AvgIpc) is 2.58. The summed E-state index contributed by atoms with van der Waals surface area (Å²) in [5.41, 5.74) is 6.18. The van der Waals surface area contributed by atoms with Crippen LogP contribution in [0.25, 0.3) is 10.4 Å². The van der Waals surface area contributed by atoms with Crippen LogP contribution in [0.5, 0.6) is 0 Å². The quantitative estimate of drug-likeness (QED) is 0.146. The lowest BCUT2D eigenvalue weighted by Gasteiger charge is -2.07. The van der Waals surface area contributed by atoms with Gasteiger partial charge in [-0.15, -0.1) is 0 Å². The molecule has 0 aliphatic carbocycles. The molecule has 0 aromatic heterocycles. The van der Waals surface area contributed by atoms with Crippen LogP contribution in [-0.2, 0) is 24.2 Å². The van der Waals surface area contributed by atoms with Gasteiger partial charge in [-0.1, -0.05) is 21.0 Å². The second-order valence-corrected chi connectivity index (χ2v) is 5.78. The molecular weight excluding hydrogens is 466 g/mol. The average molecular weight is 476 g/mol. The van der Waals surface area contributed by atoms with E-state index in [1.807, 2.05) is 0 Å². The number of azide groups is 1. The number of rotatable bonds is 3. The zero-order valence-corrected chi connectivity index (χ0v) is 15.2. The zero-order valence-electron chi connectivity index (χ0n) is 13.6. The smallest absolute Gasteiger partial charge is 0.207 e. The molecule has 0 atom stereocenters. The Balaban J connectivity index is 0.000000283. The van der Waals surface area contributed by atoms with Gasteiger partial charge in [-0.25, -0.2) is 8.78 Å². The molecule has 0 unspecified atom stereocenters. The Bertz CT molecular complexity index is 858. The first-order valence-electron chi connectivity index (χ1n) is 7.17. The second-order valence-electron chi connectivity index (χ2n) is 5.21. The van der Waals surface area contributed by atoms with Crippen molar-refractivity contribution < 1.29 is 35.1 Å². The van der Waals surface area contributed by atoms with Gasteiger partial charge in [0.05, 0.1) is 17.7 Å². The lowest BCUT2D eigenvalue weighted by molar-refractivity contribution is -0.138. The fourth-order valence-corrected chi connectivity index (χ4v) is 2.23. The molecule has 0 saturated heterocycles. The van der Waals surface area contributed by atoms with Gasteiger partial charge < -0.3 is 0 Å². The molecule has 152 valence electrons. The minimum absolute atomic E-state index is 0.0138. The minimum atomic E-state index is -4.60. The van der Waals surface area contributed by atoms with Crippen LogP contribution in [0.1, 0.15) is 22.3 Å². The van der Waals surface area contributed by atoms with Gasteiger partial charge in [0, 0.05) is 10.2 Å². The van der Waals surface area contributed by atoms with Crippen LogP contribution >= 0.6 is 15.9 Å². The van der Waals surface area contributed by atoms with Crippen LogP contribution in [0.2, 0.25) is 0 Å². The first-order chi connectivity index (χ1) is 12.9. The molecule has 0 saturated carbocycles. The maximum Gasteiger partial charge on any atom is 0.416 e. The molecule has 0 spiro atoms. The van der Waals surface area contributed by atoms with E-state index in [4.69, 9.17) is 5.53 Å². The highest BCUT2D eigenvalue weighted by atomic mass is 79.9. The van der Waals surface area contributed by atoms with E-state index < -0.39 is 35.1 Å². The zero-order chi connectivity index (χ0) is 21.5. The molecule has 0 N–H and O–H groups in total. The van der Waals surface area contributed by atoms with Crippen molar-refractivity contribution in [3.63, 3.8) is 0 Å². The van der Waals surface area contributed by atoms with Gasteiger partial charge in [0.2, 0.25) is 0 Å². The SMILES string of the molecule is Fc1cc(CBr)cc(C(F)(F)F)c1.[N-]=[N+]=NCc1cc(F)cc(C(F)(F)F)c1. The Morgan fingerprint density at radius 2 is 1.21 bits per heavy atom. The highest BCUT2D eigenvalue weighted by molar-refractivity contribution is 9.08. The summed E-state index contributed by atoms with van der Waals surface area (Å²) in [6.45, 7) is -0.308. The van der Waals surface area contributed by atoms with Gasteiger partial charge in [0.15, 0.2) is 0 Å². The van der Waals surface area contributed by atoms with Crippen molar-refractivity contribution in [3.8, 4) is 0 Å². The summed E-state index contributed by atoms with van der Waals surface area (Å²) in [5.74, 6) is -1.88. The Hall–Kier alpha value is -2.33. The Labute approximate surface area is 161 Å². The van der Waals surface area contributed by atoms with E-state index in [0.29, 0.717) is 12.1 Å². The number of hydrogen-bond donors (Lipinski definition) is 0. The van der Waals surface area contributed by atoms with Crippen molar-refractivity contribution >= 4 is 15.9 Å². The van der Waals surface area contributed by atoms with E-state index in [2.05, 4.69) is 26.0 Å². The molecular formula is C16H10BrF8N3. The third kappa shape index (κ3) is 7.73. The van der Waals surface area contributed by atoms with Crippen molar-refractivity contribution in [2.45, 2.75) is 24.2 Å². The Morgan fingerprint density at radius 1 is 0.786 bits per heavy atom. The van der Waals surface area contributed by atoms with Crippen molar-refractivity contribution in [3.05, 3.63) is 80.7 Å². The summed E-state index contributed by atoms with van der Waals surface area (Å²) in [6, 6.07) is 4.48. The first kappa shape index (κ1) is 23.7. The van der Waals surface area contributed by atoms with Crippen molar-refractivity contribution in [2.24, 2.45) is 5.11 Å². The molecule has 0 aliphatic heterocycles. The monoisotopic (exact) mass is 475 g/mol. The van der Waals surface area contributed by atoms with Gasteiger partial charge in [-0.05, 0) is 53.1 Å². The number of hydrogen-bond acceptors (Lipinski definition) is 1. The van der Waals surface area contributed by atoms with E-state index in [1.54, 1.807) is 0 Å². The Kier molecular flexibility index (Phi) is 8.25. The Morgan fingerprint density at radius 3 is 1.61 bits per heavy atom. The molecule has 2 aromatic rings. The summed E-state index contributed by atoms with van der Waals surface area (Å²) in [6.07, 6.45) is -9.09. The lowest BCUT2D eigenvalue weighted by atomic mass is 10.1. The number of benzene rings is 2. The number of nitrogens with zero attached hydrogens (tertiary/aromatic N) is 3. The third-order valence-electron chi connectivity index (χ3n) is 3.04. The third-order valence-corrected chi connectivity index (χ3v) is 3.69. The number of halogens is 9. The van der Waals surface area contributed by atoms with Crippen molar-refractivity contribution in [1.29, 1.82) is 0 Å². The van der Waals surface area contributed by atoms with Gasteiger partial charge in [0.25, 0.3) is 0 Å². The van der Waals surface area contributed by atoms with E-state index in [9.17, 15) is 35.1 Å². The fourth-order valence-electron chi connectivity index (χ4n) is 1.91. The summed E-state index contributed by atoms with van der Waals surface area (Å²) >= 11 is 2.96. The molecule has 2 rings (SSSR count). The summed E-state index contributed by atoms with van der Waals surface area (Å²) in [7, 11) is 0. The van der Waals surface area contributed by atoms with Crippen LogP contribution in [0.3, 0.4) is 0 Å². The molecule has 0 heterocycles. The maximum absolute atomic E-state index is 12.8. The molecule has 12 heteroatoms. The van der Waals surface area contributed by atoms with E-state index in [1.165, 1.54) is 0 Å². The molecule has 0 aliphatic rings. The topological polar surface area (TPSA) is 48.8 Å².